The van der Waals surface area contributed by atoms with Gasteiger partial charge in [-0.2, -0.15) is 0 Å². The minimum absolute atomic E-state index is 0.315. The van der Waals surface area contributed by atoms with Crippen molar-refractivity contribution in [3.8, 4) is 0 Å². The molecule has 15 heavy (non-hydrogen) atoms. The van der Waals surface area contributed by atoms with Gasteiger partial charge in [0.2, 0.25) is 5.91 Å². The number of carbonyl (C=O) groups excluding carboxylic acids is 1. The van der Waals surface area contributed by atoms with E-state index in [0.717, 1.165) is 42.8 Å². The van der Waals surface area contributed by atoms with Gasteiger partial charge in [0, 0.05) is 17.3 Å². The normalized spacial score (nSPS) is 34.7. The van der Waals surface area contributed by atoms with Crippen molar-refractivity contribution in [3.05, 3.63) is 0 Å². The van der Waals surface area contributed by atoms with Gasteiger partial charge < -0.3 is 5.32 Å². The molecule has 0 heterocycles. The van der Waals surface area contributed by atoms with Gasteiger partial charge in [0.25, 0.3) is 0 Å². The van der Waals surface area contributed by atoms with Crippen LogP contribution in [0.5, 0.6) is 0 Å². The second-order valence-corrected chi connectivity index (χ2v) is 5.81. The number of amides is 1. The SMILES string of the molecule is CCC(CCBr)NC(=O)C1CC2CC2C1. The van der Waals surface area contributed by atoms with Crippen LogP contribution in [0.3, 0.4) is 0 Å². The second-order valence-electron chi connectivity index (χ2n) is 5.02. The largest absolute Gasteiger partial charge is 0.353 e. The Bertz CT molecular complexity index is 234. The van der Waals surface area contributed by atoms with Gasteiger partial charge in [-0.3, -0.25) is 4.79 Å². The topological polar surface area (TPSA) is 29.1 Å². The van der Waals surface area contributed by atoms with E-state index in [1.54, 1.807) is 0 Å². The minimum atomic E-state index is 0.315. The van der Waals surface area contributed by atoms with Crippen molar-refractivity contribution in [2.24, 2.45) is 17.8 Å². The quantitative estimate of drug-likeness (QED) is 0.767. The molecule has 2 aliphatic carbocycles. The van der Waals surface area contributed by atoms with Crippen LogP contribution in [0.15, 0.2) is 0 Å². The van der Waals surface area contributed by atoms with E-state index in [0.29, 0.717) is 17.9 Å². The fraction of sp³-hybridized carbons (Fsp3) is 0.917. The first-order valence-electron chi connectivity index (χ1n) is 6.11. The lowest BCUT2D eigenvalue weighted by molar-refractivity contribution is -0.125. The lowest BCUT2D eigenvalue weighted by Crippen LogP contribution is -2.38. The van der Waals surface area contributed by atoms with E-state index < -0.39 is 0 Å². The molecule has 0 radical (unpaired) electrons. The summed E-state index contributed by atoms with van der Waals surface area (Å²) in [6.07, 6.45) is 5.78. The smallest absolute Gasteiger partial charge is 0.223 e. The number of fused-ring (bicyclic) bond motifs is 1. The van der Waals surface area contributed by atoms with Crippen molar-refractivity contribution in [1.29, 1.82) is 0 Å². The van der Waals surface area contributed by atoms with Crippen molar-refractivity contribution in [2.45, 2.75) is 45.1 Å². The molecular formula is C12H20BrNO. The standard InChI is InChI=1S/C12H20BrNO/c1-2-11(3-4-13)14-12(15)10-6-8-5-9(8)7-10/h8-11H,2-7H2,1H3,(H,14,15). The highest BCUT2D eigenvalue weighted by molar-refractivity contribution is 9.09. The van der Waals surface area contributed by atoms with Crippen LogP contribution < -0.4 is 5.32 Å². The Balaban J connectivity index is 1.75. The summed E-state index contributed by atoms with van der Waals surface area (Å²) in [7, 11) is 0. The number of alkyl halides is 1. The van der Waals surface area contributed by atoms with Crippen molar-refractivity contribution in [2.75, 3.05) is 5.33 Å². The molecule has 2 rings (SSSR count). The highest BCUT2D eigenvalue weighted by atomic mass is 79.9. The summed E-state index contributed by atoms with van der Waals surface area (Å²) in [5.74, 6) is 2.45. The summed E-state index contributed by atoms with van der Waals surface area (Å²) >= 11 is 3.43. The molecule has 0 aromatic heterocycles. The Morgan fingerprint density at radius 1 is 1.40 bits per heavy atom. The average molecular weight is 274 g/mol. The van der Waals surface area contributed by atoms with Gasteiger partial charge in [-0.05, 0) is 43.9 Å². The maximum atomic E-state index is 11.9. The predicted molar refractivity (Wildman–Crippen MR) is 65.0 cm³/mol. The maximum absolute atomic E-state index is 11.9. The molecule has 0 aromatic rings. The Labute approximate surface area is 100 Å². The predicted octanol–water partition coefficient (Wildman–Crippen LogP) is 2.71. The molecule has 0 aromatic carbocycles. The first-order chi connectivity index (χ1) is 7.24. The summed E-state index contributed by atoms with van der Waals surface area (Å²) in [6.45, 7) is 2.14. The molecule has 3 atom stereocenters. The fourth-order valence-corrected chi connectivity index (χ4v) is 3.31. The zero-order valence-corrected chi connectivity index (χ0v) is 10.9. The van der Waals surface area contributed by atoms with E-state index in [-0.39, 0.29) is 0 Å². The monoisotopic (exact) mass is 273 g/mol. The summed E-state index contributed by atoms with van der Waals surface area (Å²) < 4.78 is 0. The van der Waals surface area contributed by atoms with Crippen LogP contribution in [0.4, 0.5) is 0 Å². The number of carbonyl (C=O) groups is 1. The number of rotatable bonds is 5. The van der Waals surface area contributed by atoms with Gasteiger partial charge >= 0.3 is 0 Å². The van der Waals surface area contributed by atoms with E-state index >= 15 is 0 Å². The summed E-state index contributed by atoms with van der Waals surface area (Å²) in [5.41, 5.74) is 0. The summed E-state index contributed by atoms with van der Waals surface area (Å²) in [5, 5.41) is 4.16. The number of halogens is 1. The molecule has 3 unspecified atom stereocenters. The molecule has 2 fully saturated rings. The first-order valence-corrected chi connectivity index (χ1v) is 7.23. The highest BCUT2D eigenvalue weighted by Gasteiger charge is 2.48. The Morgan fingerprint density at radius 3 is 2.60 bits per heavy atom. The third-order valence-electron chi connectivity index (χ3n) is 3.91. The third kappa shape index (κ3) is 2.74. The van der Waals surface area contributed by atoms with Crippen LogP contribution in [-0.4, -0.2) is 17.3 Å². The zero-order valence-electron chi connectivity index (χ0n) is 9.34. The van der Waals surface area contributed by atoms with E-state index in [4.69, 9.17) is 0 Å². The van der Waals surface area contributed by atoms with E-state index in [1.807, 2.05) is 0 Å². The minimum Gasteiger partial charge on any atom is -0.353 e. The molecule has 2 aliphatic rings. The maximum Gasteiger partial charge on any atom is 0.223 e. The van der Waals surface area contributed by atoms with Crippen LogP contribution in [0, 0.1) is 17.8 Å². The van der Waals surface area contributed by atoms with Gasteiger partial charge in [-0.1, -0.05) is 22.9 Å². The molecule has 2 saturated carbocycles. The van der Waals surface area contributed by atoms with Gasteiger partial charge in [0.05, 0.1) is 0 Å². The van der Waals surface area contributed by atoms with Crippen molar-refractivity contribution >= 4 is 21.8 Å². The van der Waals surface area contributed by atoms with Crippen molar-refractivity contribution in [3.63, 3.8) is 0 Å². The molecule has 0 bridgehead atoms. The van der Waals surface area contributed by atoms with Crippen molar-refractivity contribution in [1.82, 2.24) is 5.32 Å². The van der Waals surface area contributed by atoms with Crippen LogP contribution in [0.25, 0.3) is 0 Å². The van der Waals surface area contributed by atoms with Crippen molar-refractivity contribution < 1.29 is 4.79 Å². The Morgan fingerprint density at radius 2 is 2.07 bits per heavy atom. The lowest BCUT2D eigenvalue weighted by Gasteiger charge is -2.19. The Kier molecular flexibility index (Phi) is 3.70. The molecule has 2 nitrogen and oxygen atoms in total. The van der Waals surface area contributed by atoms with Crippen LogP contribution in [0.2, 0.25) is 0 Å². The fourth-order valence-electron chi connectivity index (χ4n) is 2.76. The van der Waals surface area contributed by atoms with E-state index in [2.05, 4.69) is 28.2 Å². The Hall–Kier alpha value is -0.0500. The number of hydrogen-bond donors (Lipinski definition) is 1. The van der Waals surface area contributed by atoms with Crippen LogP contribution >= 0.6 is 15.9 Å². The van der Waals surface area contributed by atoms with E-state index in [9.17, 15) is 4.79 Å². The zero-order chi connectivity index (χ0) is 10.8. The summed E-state index contributed by atoms with van der Waals surface area (Å²) in [4.78, 5) is 11.9. The molecule has 0 saturated heterocycles. The summed E-state index contributed by atoms with van der Waals surface area (Å²) in [6, 6.07) is 0.369. The number of hydrogen-bond acceptors (Lipinski definition) is 1. The van der Waals surface area contributed by atoms with Gasteiger partial charge in [-0.25, -0.2) is 0 Å². The second kappa shape index (κ2) is 4.86. The van der Waals surface area contributed by atoms with Gasteiger partial charge in [-0.15, -0.1) is 0 Å². The van der Waals surface area contributed by atoms with Crippen LogP contribution in [0.1, 0.15) is 39.0 Å². The lowest BCUT2D eigenvalue weighted by atomic mass is 10.0. The van der Waals surface area contributed by atoms with Crippen LogP contribution in [-0.2, 0) is 4.79 Å². The third-order valence-corrected chi connectivity index (χ3v) is 4.37. The number of nitrogens with one attached hydrogen (secondary N) is 1. The molecule has 1 N–H and O–H groups in total. The van der Waals surface area contributed by atoms with E-state index in [1.165, 1.54) is 6.42 Å². The molecule has 0 aliphatic heterocycles. The van der Waals surface area contributed by atoms with Gasteiger partial charge in [0.1, 0.15) is 0 Å². The average Bonchev–Trinajstić information content (AvgIpc) is 2.85. The van der Waals surface area contributed by atoms with Gasteiger partial charge in [0.15, 0.2) is 0 Å². The molecule has 0 spiro atoms. The molecule has 86 valence electrons. The molecule has 1 amide bonds. The first kappa shape index (κ1) is 11.4. The molecular weight excluding hydrogens is 254 g/mol. The molecule has 3 heteroatoms. The highest BCUT2D eigenvalue weighted by Crippen LogP contribution is 2.54.